The second-order valence-corrected chi connectivity index (χ2v) is 3.53. The quantitative estimate of drug-likeness (QED) is 0.571. The van der Waals surface area contributed by atoms with Crippen LogP contribution in [0.5, 0.6) is 0 Å². The van der Waals surface area contributed by atoms with Gasteiger partial charge in [-0.05, 0) is 0 Å². The largest absolute Gasteiger partial charge is 0.344 e. The third kappa shape index (κ3) is 3.15. The molecule has 0 saturated carbocycles. The fourth-order valence-corrected chi connectivity index (χ4v) is 1.58. The van der Waals surface area contributed by atoms with Crippen molar-refractivity contribution in [3.63, 3.8) is 0 Å². The lowest BCUT2D eigenvalue weighted by Crippen LogP contribution is -2.25. The Bertz CT molecular complexity index is 353. The summed E-state index contributed by atoms with van der Waals surface area (Å²) < 4.78 is 1.86. The van der Waals surface area contributed by atoms with Crippen molar-refractivity contribution in [1.82, 2.24) is 14.9 Å². The molecule has 0 aromatic carbocycles. The van der Waals surface area contributed by atoms with Gasteiger partial charge in [0.05, 0.1) is 12.3 Å². The summed E-state index contributed by atoms with van der Waals surface area (Å²) in [5.74, 6) is 2.61. The highest BCUT2D eigenvalue weighted by Crippen LogP contribution is 2.13. The molecule has 0 saturated heterocycles. The summed E-state index contributed by atoms with van der Waals surface area (Å²) in [7, 11) is 1.88. The number of nitrogens with zero attached hydrogens (tertiary/aromatic N) is 2. The lowest BCUT2D eigenvalue weighted by molar-refractivity contribution is -0.118. The predicted octanol–water partition coefficient (Wildman–Crippen LogP) is 0.262. The molecule has 5 heteroatoms. The number of carbonyl (C=O) groups is 1. The molecule has 0 atom stereocenters. The fraction of sp³-hybridized carbons (Fsp3) is 0.333. The normalized spacial score (nSPS) is 9.43. The van der Waals surface area contributed by atoms with Crippen LogP contribution >= 0.6 is 11.8 Å². The van der Waals surface area contributed by atoms with Crippen LogP contribution in [0, 0.1) is 12.3 Å². The van der Waals surface area contributed by atoms with Gasteiger partial charge in [-0.3, -0.25) is 4.79 Å². The van der Waals surface area contributed by atoms with Crippen LogP contribution in [-0.4, -0.2) is 27.8 Å². The first-order valence-electron chi connectivity index (χ1n) is 4.04. The first kappa shape index (κ1) is 10.7. The molecule has 1 aromatic heterocycles. The molecule has 0 aliphatic carbocycles. The molecule has 1 heterocycles. The van der Waals surface area contributed by atoms with Gasteiger partial charge in [-0.2, -0.15) is 0 Å². The molecule has 0 unspecified atom stereocenters. The zero-order valence-electron chi connectivity index (χ0n) is 7.86. The van der Waals surface area contributed by atoms with E-state index in [9.17, 15) is 4.79 Å². The fourth-order valence-electron chi connectivity index (χ4n) is 0.822. The third-order valence-electron chi connectivity index (χ3n) is 1.50. The maximum Gasteiger partial charge on any atom is 0.231 e. The van der Waals surface area contributed by atoms with Gasteiger partial charge in [0.2, 0.25) is 5.91 Å². The average Bonchev–Trinajstić information content (AvgIpc) is 2.58. The molecule has 1 amide bonds. The number of thioether (sulfide) groups is 1. The number of amides is 1. The van der Waals surface area contributed by atoms with Crippen molar-refractivity contribution in [2.75, 3.05) is 12.3 Å². The van der Waals surface area contributed by atoms with E-state index in [1.54, 1.807) is 6.20 Å². The summed E-state index contributed by atoms with van der Waals surface area (Å²) in [6, 6.07) is 0. The Balaban J connectivity index is 2.31. The Kier molecular flexibility index (Phi) is 4.08. The summed E-state index contributed by atoms with van der Waals surface area (Å²) >= 11 is 1.38. The standard InChI is InChI=1S/C9H11N3OS/c1-3-4-10-8(13)7-14-9-11-5-6-12(9)2/h1,5-6H,4,7H2,2H3,(H,10,13). The van der Waals surface area contributed by atoms with E-state index in [1.807, 2.05) is 17.8 Å². The van der Waals surface area contributed by atoms with Crippen molar-refractivity contribution in [3.05, 3.63) is 12.4 Å². The minimum Gasteiger partial charge on any atom is -0.344 e. The molecule has 0 aliphatic rings. The van der Waals surface area contributed by atoms with Crippen molar-refractivity contribution in [2.45, 2.75) is 5.16 Å². The van der Waals surface area contributed by atoms with E-state index >= 15 is 0 Å². The number of imidazole rings is 1. The Morgan fingerprint density at radius 2 is 2.64 bits per heavy atom. The second-order valence-electron chi connectivity index (χ2n) is 2.59. The van der Waals surface area contributed by atoms with E-state index in [0.29, 0.717) is 5.75 Å². The Morgan fingerprint density at radius 3 is 3.21 bits per heavy atom. The van der Waals surface area contributed by atoms with Gasteiger partial charge in [-0.15, -0.1) is 6.42 Å². The SMILES string of the molecule is C#CCNC(=O)CSc1nccn1C. The number of terminal acetylenes is 1. The van der Waals surface area contributed by atoms with Crippen molar-refractivity contribution in [1.29, 1.82) is 0 Å². The van der Waals surface area contributed by atoms with Crippen LogP contribution in [0.2, 0.25) is 0 Å². The van der Waals surface area contributed by atoms with Gasteiger partial charge in [0, 0.05) is 19.4 Å². The van der Waals surface area contributed by atoms with E-state index in [4.69, 9.17) is 6.42 Å². The van der Waals surface area contributed by atoms with E-state index < -0.39 is 0 Å². The van der Waals surface area contributed by atoms with Crippen LogP contribution in [0.4, 0.5) is 0 Å². The van der Waals surface area contributed by atoms with E-state index in [0.717, 1.165) is 5.16 Å². The maximum absolute atomic E-state index is 11.1. The summed E-state index contributed by atoms with van der Waals surface area (Å²) in [4.78, 5) is 15.2. The molecule has 0 fully saturated rings. The first-order chi connectivity index (χ1) is 6.74. The summed E-state index contributed by atoms with van der Waals surface area (Å²) in [6.45, 7) is 0.278. The molecular formula is C9H11N3OS. The summed E-state index contributed by atoms with van der Waals surface area (Å²) in [5, 5.41) is 3.40. The highest BCUT2D eigenvalue weighted by atomic mass is 32.2. The molecule has 0 bridgehead atoms. The minimum absolute atomic E-state index is 0.0732. The lowest BCUT2D eigenvalue weighted by atomic mass is 10.6. The van der Waals surface area contributed by atoms with Gasteiger partial charge in [0.1, 0.15) is 0 Å². The molecule has 4 nitrogen and oxygen atoms in total. The molecule has 0 spiro atoms. The lowest BCUT2D eigenvalue weighted by Gasteiger charge is -2.01. The van der Waals surface area contributed by atoms with Gasteiger partial charge in [-0.25, -0.2) is 4.98 Å². The number of hydrogen-bond donors (Lipinski definition) is 1. The molecule has 0 aliphatic heterocycles. The Labute approximate surface area is 87.1 Å². The number of nitrogens with one attached hydrogen (secondary N) is 1. The predicted molar refractivity (Wildman–Crippen MR) is 55.8 cm³/mol. The van der Waals surface area contributed by atoms with Gasteiger partial charge >= 0.3 is 0 Å². The van der Waals surface area contributed by atoms with Crippen LogP contribution in [0.15, 0.2) is 17.6 Å². The number of aromatic nitrogens is 2. The zero-order valence-corrected chi connectivity index (χ0v) is 8.67. The smallest absolute Gasteiger partial charge is 0.231 e. The third-order valence-corrected chi connectivity index (χ3v) is 2.56. The van der Waals surface area contributed by atoms with Gasteiger partial charge in [-0.1, -0.05) is 17.7 Å². The molecule has 0 radical (unpaired) electrons. The molecule has 14 heavy (non-hydrogen) atoms. The molecular weight excluding hydrogens is 198 g/mol. The zero-order chi connectivity index (χ0) is 10.4. The van der Waals surface area contributed by atoms with E-state index in [1.165, 1.54) is 11.8 Å². The first-order valence-corrected chi connectivity index (χ1v) is 5.03. The topological polar surface area (TPSA) is 46.9 Å². The van der Waals surface area contributed by atoms with Crippen molar-refractivity contribution < 1.29 is 4.79 Å². The number of aryl methyl sites for hydroxylation is 1. The van der Waals surface area contributed by atoms with Crippen LogP contribution in [0.1, 0.15) is 0 Å². The second kappa shape index (κ2) is 5.35. The Hall–Kier alpha value is -1.41. The highest BCUT2D eigenvalue weighted by molar-refractivity contribution is 7.99. The number of rotatable bonds is 4. The van der Waals surface area contributed by atoms with Gasteiger partial charge < -0.3 is 9.88 Å². The minimum atomic E-state index is -0.0732. The average molecular weight is 209 g/mol. The van der Waals surface area contributed by atoms with E-state index in [2.05, 4.69) is 16.2 Å². The van der Waals surface area contributed by atoms with Crippen LogP contribution in [0.3, 0.4) is 0 Å². The summed E-state index contributed by atoms with van der Waals surface area (Å²) in [6.07, 6.45) is 8.53. The summed E-state index contributed by atoms with van der Waals surface area (Å²) in [5.41, 5.74) is 0. The van der Waals surface area contributed by atoms with Gasteiger partial charge in [0.15, 0.2) is 5.16 Å². The van der Waals surface area contributed by atoms with Crippen LogP contribution in [0.25, 0.3) is 0 Å². The van der Waals surface area contributed by atoms with E-state index in [-0.39, 0.29) is 12.5 Å². The van der Waals surface area contributed by atoms with Crippen LogP contribution in [-0.2, 0) is 11.8 Å². The van der Waals surface area contributed by atoms with Crippen molar-refractivity contribution in [2.24, 2.45) is 7.05 Å². The molecule has 1 N–H and O–H groups in total. The molecule has 74 valence electrons. The van der Waals surface area contributed by atoms with Crippen molar-refractivity contribution >= 4 is 17.7 Å². The Morgan fingerprint density at radius 1 is 1.86 bits per heavy atom. The monoisotopic (exact) mass is 209 g/mol. The molecule has 1 rings (SSSR count). The van der Waals surface area contributed by atoms with Crippen molar-refractivity contribution in [3.8, 4) is 12.3 Å². The maximum atomic E-state index is 11.1. The van der Waals surface area contributed by atoms with Gasteiger partial charge in [0.25, 0.3) is 0 Å². The number of carbonyl (C=O) groups excluding carboxylic acids is 1. The van der Waals surface area contributed by atoms with Crippen LogP contribution < -0.4 is 5.32 Å². The highest BCUT2D eigenvalue weighted by Gasteiger charge is 2.04. The molecule has 1 aromatic rings. The number of hydrogen-bond acceptors (Lipinski definition) is 3.